The molecule has 0 saturated heterocycles. The standard InChI is InChI=1S/C8H16O3/c1-4-5-6(9)8(2,3)7(10)11/h6,9H,4-5H2,1-3H3,(H,10,11)/t6-/m0/s1. The Morgan fingerprint density at radius 1 is 1.55 bits per heavy atom. The van der Waals surface area contributed by atoms with Gasteiger partial charge in [0.25, 0.3) is 0 Å². The fourth-order valence-corrected chi connectivity index (χ4v) is 0.777. The summed E-state index contributed by atoms with van der Waals surface area (Å²) in [6.45, 7) is 4.99. The number of aliphatic carboxylic acids is 1. The van der Waals surface area contributed by atoms with E-state index in [0.29, 0.717) is 6.42 Å². The molecule has 3 nitrogen and oxygen atoms in total. The maximum Gasteiger partial charge on any atom is 0.311 e. The largest absolute Gasteiger partial charge is 0.481 e. The Kier molecular flexibility index (Phi) is 3.52. The summed E-state index contributed by atoms with van der Waals surface area (Å²) in [5.74, 6) is -0.946. The molecule has 0 heterocycles. The van der Waals surface area contributed by atoms with E-state index in [1.165, 1.54) is 13.8 Å². The molecule has 0 aromatic rings. The SMILES string of the molecule is CCC[C@H](O)C(C)(C)C(=O)O. The van der Waals surface area contributed by atoms with Crippen LogP contribution in [0.3, 0.4) is 0 Å². The Bertz CT molecular complexity index is 140. The molecule has 0 amide bonds. The van der Waals surface area contributed by atoms with Crippen molar-refractivity contribution in [2.45, 2.75) is 39.7 Å². The molecule has 1 atom stereocenters. The quantitative estimate of drug-likeness (QED) is 0.651. The normalized spacial score (nSPS) is 14.5. The first-order valence-electron chi connectivity index (χ1n) is 3.84. The number of hydrogen-bond donors (Lipinski definition) is 2. The number of carbonyl (C=O) groups is 1. The van der Waals surface area contributed by atoms with Crippen molar-refractivity contribution in [1.82, 2.24) is 0 Å². The summed E-state index contributed by atoms with van der Waals surface area (Å²) in [6.07, 6.45) is 0.599. The zero-order chi connectivity index (χ0) is 9.07. The van der Waals surface area contributed by atoms with Crippen molar-refractivity contribution in [3.8, 4) is 0 Å². The molecule has 2 N–H and O–H groups in total. The Balaban J connectivity index is 4.17. The van der Waals surface area contributed by atoms with Crippen molar-refractivity contribution in [3.63, 3.8) is 0 Å². The first-order valence-corrected chi connectivity index (χ1v) is 3.84. The first-order chi connectivity index (χ1) is 4.92. The third-order valence-corrected chi connectivity index (χ3v) is 1.95. The molecule has 0 aromatic heterocycles. The molecule has 0 rings (SSSR count). The van der Waals surface area contributed by atoms with Crippen LogP contribution in [-0.4, -0.2) is 22.3 Å². The highest BCUT2D eigenvalue weighted by molar-refractivity contribution is 5.74. The third kappa shape index (κ3) is 2.50. The second-order valence-corrected chi connectivity index (χ2v) is 3.33. The summed E-state index contributed by atoms with van der Waals surface area (Å²) in [4.78, 5) is 10.6. The lowest BCUT2D eigenvalue weighted by molar-refractivity contribution is -0.153. The molecular weight excluding hydrogens is 144 g/mol. The molecule has 3 heteroatoms. The van der Waals surface area contributed by atoms with E-state index in [1.54, 1.807) is 0 Å². The molecule has 0 fully saturated rings. The fraction of sp³-hybridized carbons (Fsp3) is 0.875. The molecule has 0 aliphatic carbocycles. The van der Waals surface area contributed by atoms with Crippen LogP contribution in [0.15, 0.2) is 0 Å². The summed E-state index contributed by atoms with van der Waals surface area (Å²) in [5.41, 5.74) is -1.02. The van der Waals surface area contributed by atoms with Gasteiger partial charge in [-0.3, -0.25) is 4.79 Å². The molecule has 66 valence electrons. The molecule has 11 heavy (non-hydrogen) atoms. The topological polar surface area (TPSA) is 57.5 Å². The second kappa shape index (κ2) is 3.72. The van der Waals surface area contributed by atoms with Crippen LogP contribution in [0.2, 0.25) is 0 Å². The van der Waals surface area contributed by atoms with Gasteiger partial charge in [-0.05, 0) is 20.3 Å². The summed E-state index contributed by atoms with van der Waals surface area (Å²) < 4.78 is 0. The van der Waals surface area contributed by atoms with Gasteiger partial charge in [-0.25, -0.2) is 0 Å². The van der Waals surface area contributed by atoms with Gasteiger partial charge in [-0.2, -0.15) is 0 Å². The Labute approximate surface area is 67.0 Å². The lowest BCUT2D eigenvalue weighted by Crippen LogP contribution is -2.36. The van der Waals surface area contributed by atoms with Crippen LogP contribution in [0, 0.1) is 5.41 Å². The van der Waals surface area contributed by atoms with Crippen LogP contribution >= 0.6 is 0 Å². The van der Waals surface area contributed by atoms with Crippen LogP contribution in [0.1, 0.15) is 33.6 Å². The van der Waals surface area contributed by atoms with Crippen molar-refractivity contribution < 1.29 is 15.0 Å². The van der Waals surface area contributed by atoms with Gasteiger partial charge >= 0.3 is 5.97 Å². The van der Waals surface area contributed by atoms with Gasteiger partial charge in [0.15, 0.2) is 0 Å². The van der Waals surface area contributed by atoms with Crippen molar-refractivity contribution >= 4 is 5.97 Å². The maximum atomic E-state index is 10.6. The Morgan fingerprint density at radius 3 is 2.27 bits per heavy atom. The minimum absolute atomic E-state index is 0.541. The van der Waals surface area contributed by atoms with Gasteiger partial charge in [-0.1, -0.05) is 13.3 Å². The highest BCUT2D eigenvalue weighted by Crippen LogP contribution is 2.23. The average Bonchev–Trinajstić information content (AvgIpc) is 1.88. The van der Waals surface area contributed by atoms with E-state index >= 15 is 0 Å². The molecule has 0 aromatic carbocycles. The summed E-state index contributed by atoms with van der Waals surface area (Å²) >= 11 is 0. The summed E-state index contributed by atoms with van der Waals surface area (Å²) in [6, 6.07) is 0. The molecule has 0 aliphatic heterocycles. The number of carboxylic acids is 1. The first kappa shape index (κ1) is 10.4. The minimum atomic E-state index is -1.02. The molecular formula is C8H16O3. The monoisotopic (exact) mass is 160 g/mol. The highest BCUT2D eigenvalue weighted by atomic mass is 16.4. The van der Waals surface area contributed by atoms with E-state index in [-0.39, 0.29) is 0 Å². The number of rotatable bonds is 4. The second-order valence-electron chi connectivity index (χ2n) is 3.33. The predicted octanol–water partition coefficient (Wildman–Crippen LogP) is 1.26. The zero-order valence-electron chi connectivity index (χ0n) is 7.29. The Hall–Kier alpha value is -0.570. The number of carboxylic acid groups (broad SMARTS) is 1. The molecule has 0 saturated carbocycles. The lowest BCUT2D eigenvalue weighted by atomic mass is 9.84. The smallest absolute Gasteiger partial charge is 0.311 e. The highest BCUT2D eigenvalue weighted by Gasteiger charge is 2.34. The number of hydrogen-bond acceptors (Lipinski definition) is 2. The van der Waals surface area contributed by atoms with Gasteiger partial charge in [0, 0.05) is 0 Å². The van der Waals surface area contributed by atoms with Crippen LogP contribution in [0.4, 0.5) is 0 Å². The van der Waals surface area contributed by atoms with Gasteiger partial charge in [0.05, 0.1) is 11.5 Å². The minimum Gasteiger partial charge on any atom is -0.481 e. The van der Waals surface area contributed by atoms with Crippen LogP contribution in [0.5, 0.6) is 0 Å². The van der Waals surface area contributed by atoms with E-state index in [0.717, 1.165) is 6.42 Å². The zero-order valence-corrected chi connectivity index (χ0v) is 7.29. The third-order valence-electron chi connectivity index (χ3n) is 1.95. The molecule has 0 unspecified atom stereocenters. The molecule has 0 radical (unpaired) electrons. The van der Waals surface area contributed by atoms with Crippen molar-refractivity contribution in [2.24, 2.45) is 5.41 Å². The fourth-order valence-electron chi connectivity index (χ4n) is 0.777. The van der Waals surface area contributed by atoms with Crippen LogP contribution in [-0.2, 0) is 4.79 Å². The number of aliphatic hydroxyl groups excluding tert-OH is 1. The van der Waals surface area contributed by atoms with Crippen molar-refractivity contribution in [2.75, 3.05) is 0 Å². The molecule has 0 aliphatic rings. The Morgan fingerprint density at radius 2 is 2.00 bits per heavy atom. The summed E-state index contributed by atoms with van der Waals surface area (Å²) in [7, 11) is 0. The van der Waals surface area contributed by atoms with E-state index in [9.17, 15) is 9.90 Å². The van der Waals surface area contributed by atoms with Gasteiger partial charge < -0.3 is 10.2 Å². The van der Waals surface area contributed by atoms with Crippen molar-refractivity contribution in [3.05, 3.63) is 0 Å². The van der Waals surface area contributed by atoms with Crippen LogP contribution < -0.4 is 0 Å². The van der Waals surface area contributed by atoms with Crippen molar-refractivity contribution in [1.29, 1.82) is 0 Å². The predicted molar refractivity (Wildman–Crippen MR) is 42.3 cm³/mol. The van der Waals surface area contributed by atoms with Gasteiger partial charge in [0.2, 0.25) is 0 Å². The van der Waals surface area contributed by atoms with Gasteiger partial charge in [-0.15, -0.1) is 0 Å². The van der Waals surface area contributed by atoms with Gasteiger partial charge in [0.1, 0.15) is 0 Å². The van der Waals surface area contributed by atoms with E-state index in [4.69, 9.17) is 5.11 Å². The summed E-state index contributed by atoms with van der Waals surface area (Å²) in [5, 5.41) is 18.0. The van der Waals surface area contributed by atoms with Crippen LogP contribution in [0.25, 0.3) is 0 Å². The number of aliphatic hydroxyl groups is 1. The van der Waals surface area contributed by atoms with E-state index < -0.39 is 17.5 Å². The molecule has 0 spiro atoms. The average molecular weight is 160 g/mol. The maximum absolute atomic E-state index is 10.6. The van der Waals surface area contributed by atoms with E-state index in [1.807, 2.05) is 6.92 Å². The molecule has 0 bridgehead atoms. The lowest BCUT2D eigenvalue weighted by Gasteiger charge is -2.25. The van der Waals surface area contributed by atoms with E-state index in [2.05, 4.69) is 0 Å².